The molecule has 1 aromatic heterocycles. The van der Waals surface area contributed by atoms with Gasteiger partial charge in [0.2, 0.25) is 0 Å². The fraction of sp³-hybridized carbons (Fsp3) is 0.0909. The highest BCUT2D eigenvalue weighted by Gasteiger charge is 2.20. The molecule has 0 bridgehead atoms. The molecule has 0 aliphatic carbocycles. The molecule has 2 N–H and O–H groups in total. The summed E-state index contributed by atoms with van der Waals surface area (Å²) < 4.78 is 31.7. The standard InChI is InChI=1S/C11H9BrN2O5S/c1-6-9(12)10(19-13-6)14-20(17,18)8-4-2-3-7(5-8)11(15)16/h2-5,14H,1H3,(H,15,16). The molecule has 0 radical (unpaired) electrons. The molecule has 20 heavy (non-hydrogen) atoms. The lowest BCUT2D eigenvalue weighted by molar-refractivity contribution is 0.0696. The van der Waals surface area contributed by atoms with Gasteiger partial charge in [-0.25, -0.2) is 17.9 Å². The Hall–Kier alpha value is -1.87. The van der Waals surface area contributed by atoms with E-state index >= 15 is 0 Å². The van der Waals surface area contributed by atoms with Crippen molar-refractivity contribution in [1.29, 1.82) is 0 Å². The summed E-state index contributed by atoms with van der Waals surface area (Å²) >= 11 is 3.14. The van der Waals surface area contributed by atoms with Gasteiger partial charge >= 0.3 is 5.97 Å². The molecule has 0 saturated heterocycles. The molecule has 7 nitrogen and oxygen atoms in total. The van der Waals surface area contributed by atoms with Gasteiger partial charge in [0.25, 0.3) is 15.9 Å². The lowest BCUT2D eigenvalue weighted by Gasteiger charge is -2.06. The number of carboxylic acid groups (broad SMARTS) is 1. The molecule has 0 aliphatic rings. The molecule has 0 unspecified atom stereocenters. The van der Waals surface area contributed by atoms with Crippen LogP contribution in [0.3, 0.4) is 0 Å². The number of aromatic nitrogens is 1. The maximum atomic E-state index is 12.1. The quantitative estimate of drug-likeness (QED) is 0.864. The van der Waals surface area contributed by atoms with Gasteiger partial charge in [-0.2, -0.15) is 0 Å². The molecule has 0 fully saturated rings. The normalized spacial score (nSPS) is 11.3. The van der Waals surface area contributed by atoms with E-state index < -0.39 is 16.0 Å². The molecule has 2 rings (SSSR count). The zero-order chi connectivity index (χ0) is 14.9. The topological polar surface area (TPSA) is 110 Å². The van der Waals surface area contributed by atoms with Crippen LogP contribution in [0.5, 0.6) is 0 Å². The summed E-state index contributed by atoms with van der Waals surface area (Å²) in [5, 5.41) is 12.5. The lowest BCUT2D eigenvalue weighted by atomic mass is 10.2. The summed E-state index contributed by atoms with van der Waals surface area (Å²) in [6.45, 7) is 1.64. The summed E-state index contributed by atoms with van der Waals surface area (Å²) in [6.07, 6.45) is 0. The Morgan fingerprint density at radius 1 is 1.45 bits per heavy atom. The maximum Gasteiger partial charge on any atom is 0.335 e. The van der Waals surface area contributed by atoms with Crippen molar-refractivity contribution >= 4 is 37.8 Å². The Kier molecular flexibility index (Phi) is 3.82. The second-order valence-corrected chi connectivity index (χ2v) is 6.32. The molecule has 0 saturated carbocycles. The van der Waals surface area contributed by atoms with Crippen molar-refractivity contribution in [2.24, 2.45) is 0 Å². The van der Waals surface area contributed by atoms with E-state index in [0.717, 1.165) is 6.07 Å². The second kappa shape index (κ2) is 5.25. The average molecular weight is 361 g/mol. The number of benzene rings is 1. The predicted octanol–water partition coefficient (Wildman–Crippen LogP) is 2.24. The van der Waals surface area contributed by atoms with Gasteiger partial charge in [0, 0.05) is 0 Å². The van der Waals surface area contributed by atoms with Crippen molar-refractivity contribution in [3.05, 3.63) is 40.0 Å². The van der Waals surface area contributed by atoms with Gasteiger partial charge in [-0.15, -0.1) is 0 Å². The highest BCUT2D eigenvalue weighted by atomic mass is 79.9. The monoisotopic (exact) mass is 360 g/mol. The van der Waals surface area contributed by atoms with E-state index in [-0.39, 0.29) is 16.3 Å². The second-order valence-electron chi connectivity index (χ2n) is 3.85. The number of carbonyl (C=O) groups is 1. The third kappa shape index (κ3) is 2.83. The first-order chi connectivity index (χ1) is 9.31. The minimum atomic E-state index is -3.96. The average Bonchev–Trinajstić information content (AvgIpc) is 2.70. The molecule has 9 heteroatoms. The summed E-state index contributed by atoms with van der Waals surface area (Å²) in [6, 6.07) is 4.99. The van der Waals surface area contributed by atoms with Crippen molar-refractivity contribution in [3.8, 4) is 0 Å². The fourth-order valence-electron chi connectivity index (χ4n) is 1.40. The van der Waals surface area contributed by atoms with Crippen molar-refractivity contribution in [3.63, 3.8) is 0 Å². The van der Waals surface area contributed by atoms with Crippen LogP contribution >= 0.6 is 15.9 Å². The number of nitrogens with zero attached hydrogens (tertiary/aromatic N) is 1. The van der Waals surface area contributed by atoms with Crippen LogP contribution in [-0.4, -0.2) is 24.7 Å². The summed E-state index contributed by atoms with van der Waals surface area (Å²) in [7, 11) is -3.96. The van der Waals surface area contributed by atoms with Crippen LogP contribution in [0.15, 0.2) is 38.2 Å². The number of nitrogens with one attached hydrogen (secondary N) is 1. The van der Waals surface area contributed by atoms with Crippen LogP contribution in [0.4, 0.5) is 5.88 Å². The minimum Gasteiger partial charge on any atom is -0.478 e. The van der Waals surface area contributed by atoms with Crippen LogP contribution in [-0.2, 0) is 10.0 Å². The number of hydrogen-bond donors (Lipinski definition) is 2. The molecule has 106 valence electrons. The lowest BCUT2D eigenvalue weighted by Crippen LogP contribution is -2.13. The van der Waals surface area contributed by atoms with Crippen molar-refractivity contribution < 1.29 is 22.8 Å². The van der Waals surface area contributed by atoms with Crippen molar-refractivity contribution in [2.45, 2.75) is 11.8 Å². The molecule has 0 spiro atoms. The molecular formula is C11H9BrN2O5S. The summed E-state index contributed by atoms with van der Waals surface area (Å²) in [5.74, 6) is -1.28. The number of halogens is 1. The van der Waals surface area contributed by atoms with Gasteiger partial charge in [-0.1, -0.05) is 11.2 Å². The number of aromatic carboxylic acids is 1. The molecular weight excluding hydrogens is 352 g/mol. The van der Waals surface area contributed by atoms with Crippen LogP contribution in [0.1, 0.15) is 16.1 Å². The summed E-state index contributed by atoms with van der Waals surface area (Å²) in [4.78, 5) is 10.7. The van der Waals surface area contributed by atoms with Gasteiger partial charge in [0.1, 0.15) is 4.47 Å². The third-order valence-electron chi connectivity index (χ3n) is 2.41. The van der Waals surface area contributed by atoms with Crippen molar-refractivity contribution in [2.75, 3.05) is 4.72 Å². The minimum absolute atomic E-state index is 0.0665. The Morgan fingerprint density at radius 3 is 2.70 bits per heavy atom. The van der Waals surface area contributed by atoms with Gasteiger partial charge in [-0.3, -0.25) is 0 Å². The molecule has 1 aromatic carbocycles. The molecule has 0 amide bonds. The number of carboxylic acids is 1. The van der Waals surface area contributed by atoms with E-state index in [1.54, 1.807) is 6.92 Å². The molecule has 0 atom stereocenters. The maximum absolute atomic E-state index is 12.1. The Morgan fingerprint density at radius 2 is 2.15 bits per heavy atom. The largest absolute Gasteiger partial charge is 0.478 e. The fourth-order valence-corrected chi connectivity index (χ4v) is 2.82. The molecule has 1 heterocycles. The van der Waals surface area contributed by atoms with E-state index in [0.29, 0.717) is 10.2 Å². The number of rotatable bonds is 4. The van der Waals surface area contributed by atoms with Gasteiger partial charge < -0.3 is 9.63 Å². The SMILES string of the molecule is Cc1noc(NS(=O)(=O)c2cccc(C(=O)O)c2)c1Br. The zero-order valence-corrected chi connectivity index (χ0v) is 12.5. The smallest absolute Gasteiger partial charge is 0.335 e. The first kappa shape index (κ1) is 14.5. The molecule has 0 aliphatic heterocycles. The number of aryl methyl sites for hydroxylation is 1. The number of hydrogen-bond acceptors (Lipinski definition) is 5. The van der Waals surface area contributed by atoms with E-state index in [9.17, 15) is 13.2 Å². The van der Waals surface area contributed by atoms with Crippen molar-refractivity contribution in [1.82, 2.24) is 5.16 Å². The Labute approximate surface area is 122 Å². The Bertz CT molecular complexity index is 769. The number of anilines is 1. The van der Waals surface area contributed by atoms with E-state index in [1.807, 2.05) is 0 Å². The van der Waals surface area contributed by atoms with Crippen LogP contribution < -0.4 is 4.72 Å². The highest BCUT2D eigenvalue weighted by molar-refractivity contribution is 9.10. The molecule has 2 aromatic rings. The predicted molar refractivity (Wildman–Crippen MR) is 73.1 cm³/mol. The van der Waals surface area contributed by atoms with E-state index in [4.69, 9.17) is 9.63 Å². The zero-order valence-electron chi connectivity index (χ0n) is 10.1. The van der Waals surface area contributed by atoms with Gasteiger partial charge in [-0.05, 0) is 41.1 Å². The Balaban J connectivity index is 2.38. The van der Waals surface area contributed by atoms with E-state index in [2.05, 4.69) is 25.8 Å². The first-order valence-corrected chi connectivity index (χ1v) is 7.57. The van der Waals surface area contributed by atoms with Gasteiger partial charge in [0.05, 0.1) is 16.2 Å². The van der Waals surface area contributed by atoms with E-state index in [1.165, 1.54) is 18.2 Å². The third-order valence-corrected chi connectivity index (χ3v) is 4.67. The highest BCUT2D eigenvalue weighted by Crippen LogP contribution is 2.27. The van der Waals surface area contributed by atoms with Crippen LogP contribution in [0, 0.1) is 6.92 Å². The van der Waals surface area contributed by atoms with Crippen LogP contribution in [0.2, 0.25) is 0 Å². The van der Waals surface area contributed by atoms with Crippen LogP contribution in [0.25, 0.3) is 0 Å². The first-order valence-electron chi connectivity index (χ1n) is 5.29. The summed E-state index contributed by atoms with van der Waals surface area (Å²) in [5.41, 5.74) is 0.364. The van der Waals surface area contributed by atoms with Gasteiger partial charge in [0.15, 0.2) is 0 Å². The number of sulfonamides is 1.